The highest BCUT2D eigenvalue weighted by Crippen LogP contribution is 2.35. The number of aliphatic carboxylic acids is 1. The summed E-state index contributed by atoms with van der Waals surface area (Å²) in [7, 11) is -11.1. The van der Waals surface area contributed by atoms with E-state index in [1.807, 2.05) is 0 Å². The van der Waals surface area contributed by atoms with Crippen LogP contribution in [0.15, 0.2) is 82.8 Å². The van der Waals surface area contributed by atoms with E-state index in [4.69, 9.17) is 44.7 Å². The third kappa shape index (κ3) is 21.4. The van der Waals surface area contributed by atoms with Crippen LogP contribution in [0.1, 0.15) is 96.8 Å². The number of hydrogen-bond donors (Lipinski definition) is 10. The van der Waals surface area contributed by atoms with Crippen LogP contribution in [0.2, 0.25) is 0 Å². The Kier molecular flexibility index (Phi) is 27.6. The molecule has 9 heterocycles. The Hall–Kier alpha value is -9.33. The van der Waals surface area contributed by atoms with Crippen molar-refractivity contribution in [2.75, 3.05) is 5.73 Å². The van der Waals surface area contributed by atoms with Crippen molar-refractivity contribution in [1.29, 1.82) is 0 Å². The minimum Gasteiger partial charge on any atom is -0.503 e. The first-order valence-electron chi connectivity index (χ1n) is 28.7. The number of rotatable bonds is 23. The molecule has 0 aliphatic carbocycles. The van der Waals surface area contributed by atoms with E-state index in [0.29, 0.717) is 47.4 Å². The Balaban J connectivity index is 0.000000261. The lowest BCUT2D eigenvalue weighted by atomic mass is 9.84. The molecule has 0 radical (unpaired) electrons. The Morgan fingerprint density at radius 3 is 1.24 bits per heavy atom. The summed E-state index contributed by atoms with van der Waals surface area (Å²) in [5.41, 5.74) is 7.99. The molecular formula is C54H67IN16O27S6. The molecule has 0 saturated carbocycles. The quantitative estimate of drug-likeness (QED) is 0.00971. The van der Waals surface area contributed by atoms with Crippen LogP contribution in [0.4, 0.5) is 5.13 Å². The molecule has 12 N–H and O–H groups in total. The minimum atomic E-state index is -4.98. The molecule has 0 spiro atoms. The smallest absolute Gasteiger partial charge is 0.418 e. The first-order chi connectivity index (χ1) is 47.4. The van der Waals surface area contributed by atoms with Crippen molar-refractivity contribution in [1.82, 2.24) is 54.6 Å². The number of halogens is 1. The van der Waals surface area contributed by atoms with Gasteiger partial charge in [-0.3, -0.25) is 52.0 Å². The fraction of sp³-hybridized carbons (Fsp3) is 0.389. The molecular weight excluding hydrogens is 1620 g/mol. The molecule has 0 aromatic carbocycles. The van der Waals surface area contributed by atoms with Crippen molar-refractivity contribution in [2.24, 2.45) is 35.3 Å². The first-order valence-corrected chi connectivity index (χ1v) is 35.4. The van der Waals surface area contributed by atoms with Gasteiger partial charge < -0.3 is 61.2 Å². The highest BCUT2D eigenvalue weighted by atomic mass is 127. The van der Waals surface area contributed by atoms with Gasteiger partial charge in [-0.1, -0.05) is 15.5 Å². The highest BCUT2D eigenvalue weighted by Gasteiger charge is 2.60. The van der Waals surface area contributed by atoms with Crippen LogP contribution in [0, 0.1) is 27.7 Å². The van der Waals surface area contributed by atoms with Crippen LogP contribution >= 0.6 is 58.0 Å². The molecule has 6 aromatic heterocycles. The number of hydrogen-bond acceptors (Lipinski definition) is 34. The number of nitrogens with one attached hydrogen (secondary N) is 2. The number of nitrogen functional groups attached to an aromatic ring is 1. The number of carbonyl (C=O) groups excluding carboxylic acids is 5. The fourth-order valence-electron chi connectivity index (χ4n) is 8.83. The van der Waals surface area contributed by atoms with E-state index >= 15 is 0 Å². The predicted molar refractivity (Wildman–Crippen MR) is 372 cm³/mol. The average Bonchev–Trinajstić information content (AvgIpc) is 0.747. The van der Waals surface area contributed by atoms with Gasteiger partial charge in [-0.2, -0.15) is 45.2 Å². The molecule has 50 heteroatoms. The van der Waals surface area contributed by atoms with Gasteiger partial charge in [-0.05, 0) is 69.2 Å². The van der Waals surface area contributed by atoms with Crippen LogP contribution < -0.4 is 38.4 Å². The number of β-lactam (4-membered cyclic amide) rings is 3. The van der Waals surface area contributed by atoms with Crippen molar-refractivity contribution in [3.05, 3.63) is 139 Å². The first kappa shape index (κ1) is 85.3. The van der Waals surface area contributed by atoms with Crippen LogP contribution in [0.25, 0.3) is 0 Å². The normalized spacial score (nSPS) is 17.5. The number of aromatic nitrogens is 6. The van der Waals surface area contributed by atoms with E-state index in [0.717, 1.165) is 28.6 Å². The van der Waals surface area contributed by atoms with E-state index in [1.165, 1.54) is 81.7 Å². The number of aryl methyl sites for hydroxylation is 6. The lowest BCUT2D eigenvalue weighted by Crippen LogP contribution is -2.76. The standard InChI is InChI=1S/C19H23N5O8S2.C16H18N6O10S2.C14H15N3O4S.C5H10N2O5S.HI/c1-10-7-23(5)12(6-14(10)25)8-31-22-15(13-9-33-11(2)20-13)17(26)21-16-18(27)24(19(16,3)4)32-34(28,29)30;1-16(2)12(14(26)22(16)32-34(28,29)30)19-13(25)11(8-6-33-15(17)18-8)20-31-5-7-3-9(23)10(24)4-21(7)27;1-8-5-17(3)10(4-12(8)18)6-21-16-13(14(19)20)11-7-22-9(2)15-11;1-5(2)3(6)4(8)7(5)12-13(9,10)11;/h6-7,9,16H,8H2,1-5H3,(H,21,26)(H,28,29,30);3-4,6,12,24,27H,5H2,1-2H3,(H2,17,18)(H,19,25)(H,28,29,30);4-5,7H,6H2,1-3H3,(H,19,20);3H,6H2,1-2H3,(H,9,10,11);1H/b22-15-;20-11-;16-13-;;/t16-;12-;;3-;/m11.1./s1. The molecule has 3 fully saturated rings. The molecule has 3 aliphatic heterocycles. The van der Waals surface area contributed by atoms with Gasteiger partial charge in [0.25, 0.3) is 29.5 Å². The minimum absolute atomic E-state index is 0. The van der Waals surface area contributed by atoms with Gasteiger partial charge in [-0.25, -0.2) is 19.7 Å². The second-order valence-electron chi connectivity index (χ2n) is 23.4. The number of carboxylic acid groups (broad SMARTS) is 1. The Morgan fingerprint density at radius 2 is 0.904 bits per heavy atom. The number of thiazole rings is 3. The number of carbonyl (C=O) groups is 6. The Labute approximate surface area is 617 Å². The van der Waals surface area contributed by atoms with Gasteiger partial charge in [0, 0.05) is 72.0 Å². The number of nitrogens with two attached hydrogens (primary N) is 2. The monoisotopic (exact) mass is 1690 g/mol. The molecule has 3 saturated heterocycles. The summed E-state index contributed by atoms with van der Waals surface area (Å²) in [6, 6.07) is 0.460. The molecule has 104 heavy (non-hydrogen) atoms. The fourth-order valence-corrected chi connectivity index (χ4v) is 11.9. The number of aromatic hydroxyl groups is 1. The number of anilines is 1. The predicted octanol–water partition coefficient (Wildman–Crippen LogP) is -0.439. The molecule has 3 aliphatic rings. The zero-order valence-corrected chi connectivity index (χ0v) is 63.4. The number of carboxylic acids is 1. The molecule has 568 valence electrons. The summed E-state index contributed by atoms with van der Waals surface area (Å²) in [6.07, 6.45) is 4.07. The summed E-state index contributed by atoms with van der Waals surface area (Å²) < 4.78 is 107. The van der Waals surface area contributed by atoms with Crippen molar-refractivity contribution in [2.45, 2.75) is 124 Å². The topological polar surface area (TPSA) is 609 Å². The maximum atomic E-state index is 13.0. The van der Waals surface area contributed by atoms with Crippen molar-refractivity contribution >= 4 is 147 Å². The summed E-state index contributed by atoms with van der Waals surface area (Å²) in [5.74, 6) is -6.22. The molecule has 5 amide bonds. The van der Waals surface area contributed by atoms with Gasteiger partial charge >= 0.3 is 37.2 Å². The molecule has 0 unspecified atom stereocenters. The second kappa shape index (κ2) is 33.6. The molecule has 0 bridgehead atoms. The number of nitrogens with zero attached hydrogens (tertiary/aromatic N) is 12. The summed E-state index contributed by atoms with van der Waals surface area (Å²) in [4.78, 5) is 135. The third-order valence-corrected chi connectivity index (χ3v) is 17.8. The lowest BCUT2D eigenvalue weighted by molar-refractivity contribution is -0.218. The zero-order chi connectivity index (χ0) is 77.6. The molecule has 9 rings (SSSR count). The second-order valence-corrected chi connectivity index (χ2v) is 29.4. The van der Waals surface area contributed by atoms with E-state index in [-0.39, 0.29) is 87.4 Å². The van der Waals surface area contributed by atoms with Crippen LogP contribution in [0.5, 0.6) is 5.75 Å². The summed E-state index contributed by atoms with van der Waals surface area (Å²) >= 11 is 3.58. The Morgan fingerprint density at radius 1 is 0.558 bits per heavy atom. The number of amides is 5. The van der Waals surface area contributed by atoms with Crippen LogP contribution in [-0.2, 0) is 121 Å². The van der Waals surface area contributed by atoms with E-state index in [2.05, 4.69) is 53.9 Å². The highest BCUT2D eigenvalue weighted by molar-refractivity contribution is 14.0. The lowest BCUT2D eigenvalue weighted by Gasteiger charge is -2.50. The van der Waals surface area contributed by atoms with Gasteiger partial charge in [0.05, 0.1) is 44.2 Å². The number of pyridine rings is 3. The van der Waals surface area contributed by atoms with Crippen molar-refractivity contribution < 1.29 is 110 Å². The van der Waals surface area contributed by atoms with Gasteiger partial charge in [0.2, 0.25) is 11.1 Å². The Bertz CT molecular complexity index is 4750. The van der Waals surface area contributed by atoms with E-state index < -0.39 is 125 Å². The maximum absolute atomic E-state index is 13.0. The van der Waals surface area contributed by atoms with Crippen molar-refractivity contribution in [3.8, 4) is 5.75 Å². The van der Waals surface area contributed by atoms with Crippen LogP contribution in [-0.4, -0.2) is 186 Å². The van der Waals surface area contributed by atoms with E-state index in [9.17, 15) is 78.7 Å². The average molecular weight is 1690 g/mol. The number of hydroxylamine groups is 6. The van der Waals surface area contributed by atoms with Gasteiger partial charge in [0.1, 0.15) is 40.9 Å². The largest absolute Gasteiger partial charge is 0.503 e. The van der Waals surface area contributed by atoms with Gasteiger partial charge in [-0.15, -0.1) is 70.8 Å². The summed E-state index contributed by atoms with van der Waals surface area (Å²) in [6.45, 7) is 14.9. The summed E-state index contributed by atoms with van der Waals surface area (Å²) in [5, 5.41) is 51.6. The van der Waals surface area contributed by atoms with Gasteiger partial charge in [0.15, 0.2) is 53.0 Å². The number of oxime groups is 3. The SMILES string of the molecule is CC1(C)[C@H](N)C(=O)N1OS(=O)(=O)O.CC1(C)[C@H](NC(=O)/C(=N\OCc2cc(=O)c(O)cn2O)c2csc(N)n2)C(=O)N1OS(=O)(=O)O.Cc1nc(/C(=N/OCc2cc(=O)c(C)cn2C)C(=O)N[C@@H]2C(=O)N(OS(=O)(=O)O)C2(C)C)cs1.Cc1nc(/C(=N/OCc2cc(=O)c(C)cn2C)C(=O)O)cs1.I. The van der Waals surface area contributed by atoms with Crippen molar-refractivity contribution in [3.63, 3.8) is 0 Å². The molecule has 3 atom stereocenters. The molecule has 43 nitrogen and oxygen atoms in total. The van der Waals surface area contributed by atoms with E-state index in [1.54, 1.807) is 74.1 Å². The maximum Gasteiger partial charge on any atom is 0.418 e. The molecule has 6 aromatic rings. The van der Waals surface area contributed by atoms with Crippen LogP contribution in [0.3, 0.4) is 0 Å². The zero-order valence-electron chi connectivity index (χ0n) is 56.2. The third-order valence-electron chi connectivity index (χ3n) is 14.5.